The molecule has 1 aliphatic rings. The van der Waals surface area contributed by atoms with Crippen LogP contribution in [0.15, 0.2) is 53.5 Å². The predicted molar refractivity (Wildman–Crippen MR) is 106 cm³/mol. The van der Waals surface area contributed by atoms with E-state index in [1.165, 1.54) is 25.4 Å². The van der Waals surface area contributed by atoms with E-state index in [4.69, 9.17) is 4.74 Å². The van der Waals surface area contributed by atoms with Gasteiger partial charge in [-0.1, -0.05) is 18.2 Å². The van der Waals surface area contributed by atoms with Gasteiger partial charge in [-0.2, -0.15) is 0 Å². The molecule has 0 unspecified atom stereocenters. The zero-order valence-corrected chi connectivity index (χ0v) is 15.4. The smallest absolute Gasteiger partial charge is 0.256 e. The molecule has 6 nitrogen and oxygen atoms in total. The number of H-pyrrole nitrogens is 1. The maximum Gasteiger partial charge on any atom is 0.256 e. The summed E-state index contributed by atoms with van der Waals surface area (Å²) in [6.07, 6.45) is 1.49. The molecule has 1 fully saturated rings. The van der Waals surface area contributed by atoms with E-state index in [9.17, 15) is 14.0 Å². The van der Waals surface area contributed by atoms with Crippen molar-refractivity contribution in [3.63, 3.8) is 0 Å². The Morgan fingerprint density at radius 2 is 1.79 bits per heavy atom. The number of hydrogen-bond donors (Lipinski definition) is 1. The first-order valence-electron chi connectivity index (χ1n) is 9.06. The van der Waals surface area contributed by atoms with Crippen molar-refractivity contribution in [3.05, 3.63) is 70.4 Å². The number of hydrogen-bond acceptors (Lipinski definition) is 4. The summed E-state index contributed by atoms with van der Waals surface area (Å²) < 4.78 is 18.7. The number of halogens is 1. The number of benzene rings is 2. The van der Waals surface area contributed by atoms with Crippen LogP contribution in [0.5, 0.6) is 5.75 Å². The van der Waals surface area contributed by atoms with Gasteiger partial charge < -0.3 is 19.5 Å². The van der Waals surface area contributed by atoms with E-state index >= 15 is 0 Å². The molecular formula is C21H20FN3O3. The normalized spacial score (nSPS) is 14.4. The van der Waals surface area contributed by atoms with Gasteiger partial charge in [-0.25, -0.2) is 4.39 Å². The Balaban J connectivity index is 1.54. The highest BCUT2D eigenvalue weighted by Gasteiger charge is 2.25. The largest absolute Gasteiger partial charge is 0.494 e. The number of nitrogens with zero attached hydrogens (tertiary/aromatic N) is 2. The number of methoxy groups -OCH3 is 1. The van der Waals surface area contributed by atoms with Gasteiger partial charge in [0.1, 0.15) is 11.6 Å². The molecule has 144 valence electrons. The van der Waals surface area contributed by atoms with Crippen molar-refractivity contribution in [3.8, 4) is 5.75 Å². The molecule has 0 aliphatic carbocycles. The molecule has 1 N–H and O–H groups in total. The molecule has 0 saturated carbocycles. The van der Waals surface area contributed by atoms with Crippen molar-refractivity contribution in [2.45, 2.75) is 0 Å². The van der Waals surface area contributed by atoms with E-state index in [0.29, 0.717) is 48.3 Å². The number of amides is 1. The lowest BCUT2D eigenvalue weighted by Crippen LogP contribution is -2.49. The number of ether oxygens (including phenoxy) is 1. The van der Waals surface area contributed by atoms with Gasteiger partial charge in [-0.15, -0.1) is 0 Å². The highest BCUT2D eigenvalue weighted by atomic mass is 19.1. The van der Waals surface area contributed by atoms with Crippen molar-refractivity contribution in [1.29, 1.82) is 0 Å². The molecule has 3 aromatic rings. The van der Waals surface area contributed by atoms with Crippen molar-refractivity contribution >= 4 is 22.4 Å². The molecule has 2 heterocycles. The molecule has 0 spiro atoms. The van der Waals surface area contributed by atoms with Crippen LogP contribution in [0.4, 0.5) is 10.1 Å². The van der Waals surface area contributed by atoms with Crippen molar-refractivity contribution in [1.82, 2.24) is 9.88 Å². The molecule has 2 aromatic carbocycles. The SMILES string of the molecule is COc1cc(F)ccc1N1CCN(C(=O)c2c[nH]c(=O)c3ccccc23)CC1. The third-order valence-electron chi connectivity index (χ3n) is 5.09. The number of carbonyl (C=O) groups excluding carboxylic acids is 1. The molecule has 1 aliphatic heterocycles. The molecule has 4 rings (SSSR count). The first-order valence-corrected chi connectivity index (χ1v) is 9.06. The number of pyridine rings is 1. The van der Waals surface area contributed by atoms with Crippen molar-refractivity contribution < 1.29 is 13.9 Å². The quantitative estimate of drug-likeness (QED) is 0.758. The fourth-order valence-corrected chi connectivity index (χ4v) is 3.62. The molecule has 0 bridgehead atoms. The van der Waals surface area contributed by atoms with Crippen LogP contribution in [0, 0.1) is 5.82 Å². The maximum atomic E-state index is 13.4. The van der Waals surface area contributed by atoms with Crippen LogP contribution in [-0.2, 0) is 0 Å². The van der Waals surface area contributed by atoms with Crippen molar-refractivity contribution in [2.75, 3.05) is 38.2 Å². The molecular weight excluding hydrogens is 361 g/mol. The molecule has 0 atom stereocenters. The van der Waals surface area contributed by atoms with Crippen LogP contribution in [-0.4, -0.2) is 49.1 Å². The standard InChI is InChI=1S/C21H20FN3O3/c1-28-19-12-14(22)6-7-18(19)24-8-10-25(11-9-24)21(27)17-13-23-20(26)16-5-3-2-4-15(16)17/h2-7,12-13H,8-11H2,1H3,(H,23,26). The third-order valence-corrected chi connectivity index (χ3v) is 5.09. The Morgan fingerprint density at radius 3 is 2.50 bits per heavy atom. The Hall–Kier alpha value is -3.35. The van der Waals surface area contributed by atoms with Crippen LogP contribution in [0.2, 0.25) is 0 Å². The van der Waals surface area contributed by atoms with E-state index in [2.05, 4.69) is 9.88 Å². The minimum absolute atomic E-state index is 0.113. The van der Waals surface area contributed by atoms with E-state index in [1.807, 2.05) is 6.07 Å². The Bertz CT molecular complexity index is 1090. The second-order valence-electron chi connectivity index (χ2n) is 6.67. The summed E-state index contributed by atoms with van der Waals surface area (Å²) in [6.45, 7) is 2.25. The van der Waals surface area contributed by atoms with Gasteiger partial charge >= 0.3 is 0 Å². The Labute approximate surface area is 161 Å². The van der Waals surface area contributed by atoms with Gasteiger partial charge in [0, 0.05) is 49.2 Å². The Kier molecular flexibility index (Phi) is 4.73. The highest BCUT2D eigenvalue weighted by Crippen LogP contribution is 2.30. The molecule has 28 heavy (non-hydrogen) atoms. The number of carbonyl (C=O) groups is 1. The number of piperazine rings is 1. The number of fused-ring (bicyclic) bond motifs is 1. The summed E-state index contributed by atoms with van der Waals surface area (Å²) in [4.78, 5) is 31.5. The van der Waals surface area contributed by atoms with Gasteiger partial charge in [-0.05, 0) is 18.2 Å². The molecule has 1 amide bonds. The maximum absolute atomic E-state index is 13.4. The van der Waals surface area contributed by atoms with E-state index in [1.54, 1.807) is 29.2 Å². The van der Waals surface area contributed by atoms with Gasteiger partial charge in [0.15, 0.2) is 0 Å². The summed E-state index contributed by atoms with van der Waals surface area (Å²) >= 11 is 0. The lowest BCUT2D eigenvalue weighted by Gasteiger charge is -2.36. The van der Waals surface area contributed by atoms with Crippen LogP contribution < -0.4 is 15.2 Å². The first-order chi connectivity index (χ1) is 13.6. The summed E-state index contributed by atoms with van der Waals surface area (Å²) in [7, 11) is 1.51. The lowest BCUT2D eigenvalue weighted by atomic mass is 10.1. The summed E-state index contributed by atoms with van der Waals surface area (Å²) in [5.74, 6) is 0.0175. The minimum atomic E-state index is -0.348. The van der Waals surface area contributed by atoms with E-state index in [0.717, 1.165) is 5.69 Å². The summed E-state index contributed by atoms with van der Waals surface area (Å²) in [5.41, 5.74) is 1.09. The summed E-state index contributed by atoms with van der Waals surface area (Å²) in [6, 6.07) is 11.6. The number of rotatable bonds is 3. The molecule has 0 radical (unpaired) electrons. The zero-order valence-electron chi connectivity index (χ0n) is 15.4. The number of anilines is 1. The minimum Gasteiger partial charge on any atom is -0.494 e. The van der Waals surface area contributed by atoms with Crippen LogP contribution in [0.3, 0.4) is 0 Å². The fourth-order valence-electron chi connectivity index (χ4n) is 3.62. The number of aromatic amines is 1. The first kappa shape index (κ1) is 18.0. The molecule has 1 aromatic heterocycles. The fraction of sp³-hybridized carbons (Fsp3) is 0.238. The monoisotopic (exact) mass is 381 g/mol. The highest BCUT2D eigenvalue weighted by molar-refractivity contribution is 6.06. The van der Waals surface area contributed by atoms with Gasteiger partial charge in [0.25, 0.3) is 11.5 Å². The summed E-state index contributed by atoms with van der Waals surface area (Å²) in [5, 5.41) is 1.15. The Morgan fingerprint density at radius 1 is 1.07 bits per heavy atom. The van der Waals surface area contributed by atoms with E-state index < -0.39 is 0 Å². The average Bonchev–Trinajstić information content (AvgIpc) is 2.74. The van der Waals surface area contributed by atoms with E-state index in [-0.39, 0.29) is 17.3 Å². The third kappa shape index (κ3) is 3.19. The predicted octanol–water partition coefficient (Wildman–Crippen LogP) is 2.64. The van der Waals surface area contributed by atoms with Crippen LogP contribution in [0.1, 0.15) is 10.4 Å². The van der Waals surface area contributed by atoms with Gasteiger partial charge in [0.05, 0.1) is 18.4 Å². The molecule has 7 heteroatoms. The second kappa shape index (κ2) is 7.34. The number of nitrogens with one attached hydrogen (secondary N) is 1. The zero-order chi connectivity index (χ0) is 19.7. The average molecular weight is 381 g/mol. The lowest BCUT2D eigenvalue weighted by molar-refractivity contribution is 0.0748. The topological polar surface area (TPSA) is 65.6 Å². The second-order valence-corrected chi connectivity index (χ2v) is 6.67. The van der Waals surface area contributed by atoms with Crippen LogP contribution in [0.25, 0.3) is 10.8 Å². The number of aromatic nitrogens is 1. The van der Waals surface area contributed by atoms with Crippen molar-refractivity contribution in [2.24, 2.45) is 0 Å². The van der Waals surface area contributed by atoms with Gasteiger partial charge in [0.2, 0.25) is 0 Å². The van der Waals surface area contributed by atoms with Gasteiger partial charge in [-0.3, -0.25) is 9.59 Å². The molecule has 1 saturated heterocycles. The van der Waals surface area contributed by atoms with Crippen LogP contribution >= 0.6 is 0 Å².